The number of ether oxygens (including phenoxy) is 1. The van der Waals surface area contributed by atoms with E-state index in [1.807, 2.05) is 48.5 Å². The van der Waals surface area contributed by atoms with E-state index in [4.69, 9.17) is 16.3 Å². The van der Waals surface area contributed by atoms with Gasteiger partial charge in [-0.25, -0.2) is 4.79 Å². The molecule has 0 bridgehead atoms. The minimum absolute atomic E-state index is 0.112. The third kappa shape index (κ3) is 4.04. The molecule has 0 fully saturated rings. The molecule has 0 saturated carbocycles. The Morgan fingerprint density at radius 1 is 0.943 bits per heavy atom. The van der Waals surface area contributed by atoms with Crippen LogP contribution in [-0.4, -0.2) is 11.1 Å². The Morgan fingerprint density at radius 2 is 1.71 bits per heavy atom. The highest BCUT2D eigenvalue weighted by atomic mass is 35.5. The van der Waals surface area contributed by atoms with E-state index in [0.29, 0.717) is 23.1 Å². The Labute approximate surface area is 209 Å². The van der Waals surface area contributed by atoms with E-state index < -0.39 is 5.97 Å². The average Bonchev–Trinajstić information content (AvgIpc) is 3.28. The van der Waals surface area contributed by atoms with E-state index in [1.54, 1.807) is 6.07 Å². The van der Waals surface area contributed by atoms with Crippen LogP contribution in [0.25, 0.3) is 0 Å². The fourth-order valence-electron chi connectivity index (χ4n) is 5.54. The van der Waals surface area contributed by atoms with Gasteiger partial charge in [0.05, 0.1) is 11.6 Å². The predicted molar refractivity (Wildman–Crippen MR) is 137 cm³/mol. The molecule has 0 aromatic heterocycles. The molecule has 4 aromatic rings. The lowest BCUT2D eigenvalue weighted by Crippen LogP contribution is -2.30. The van der Waals surface area contributed by atoms with Crippen molar-refractivity contribution in [1.29, 1.82) is 0 Å². The number of nitrogens with one attached hydrogen (secondary N) is 1. The highest BCUT2D eigenvalue weighted by Crippen LogP contribution is 2.54. The maximum atomic E-state index is 11.7. The van der Waals surface area contributed by atoms with E-state index in [1.165, 1.54) is 16.7 Å². The molecule has 0 saturated heterocycles. The molecule has 1 aliphatic carbocycles. The van der Waals surface area contributed by atoms with Gasteiger partial charge in [0, 0.05) is 16.6 Å². The van der Waals surface area contributed by atoms with Gasteiger partial charge < -0.3 is 15.2 Å². The summed E-state index contributed by atoms with van der Waals surface area (Å²) in [6.07, 6.45) is 0.948. The van der Waals surface area contributed by atoms with Gasteiger partial charge in [0.1, 0.15) is 12.4 Å². The van der Waals surface area contributed by atoms with Crippen LogP contribution in [0.2, 0.25) is 5.02 Å². The molecule has 0 unspecified atom stereocenters. The van der Waals surface area contributed by atoms with Gasteiger partial charge in [0.2, 0.25) is 0 Å². The normalized spacial score (nSPS) is 19.7. The van der Waals surface area contributed by atoms with Crippen LogP contribution in [0, 0.1) is 5.92 Å². The van der Waals surface area contributed by atoms with Crippen molar-refractivity contribution in [3.05, 3.63) is 129 Å². The minimum Gasteiger partial charge on any atom is -0.489 e. The van der Waals surface area contributed by atoms with E-state index in [-0.39, 0.29) is 12.0 Å². The molecule has 4 nitrogen and oxygen atoms in total. The number of hydrogen-bond acceptors (Lipinski definition) is 3. The number of hydrogen-bond donors (Lipinski definition) is 2. The molecule has 1 aliphatic heterocycles. The summed E-state index contributed by atoms with van der Waals surface area (Å²) in [5.41, 5.74) is 7.30. The van der Waals surface area contributed by atoms with Gasteiger partial charge in [0.15, 0.2) is 0 Å². The number of rotatable bonds is 5. The van der Waals surface area contributed by atoms with Crippen molar-refractivity contribution < 1.29 is 14.6 Å². The minimum atomic E-state index is -0.896. The largest absolute Gasteiger partial charge is 0.489 e. The summed E-state index contributed by atoms with van der Waals surface area (Å²) in [5.74, 6) is 0.376. The van der Waals surface area contributed by atoms with Crippen LogP contribution in [0.5, 0.6) is 5.75 Å². The molecule has 5 heteroatoms. The standard InChI is InChI=1S/C30H24ClNO3/c31-22-10-5-18(6-11-22)17-35-23-12-7-19(8-13-23)29-26-15-20-3-1-2-4-24(20)28(26)25-16-21(30(33)34)9-14-27(25)32-29/h1-14,16,26,28-29,32H,15,17H2,(H,33,34)/t26-,28+,29-/m1/s1. The molecule has 0 radical (unpaired) electrons. The number of anilines is 1. The summed E-state index contributed by atoms with van der Waals surface area (Å²) in [5, 5.41) is 14.0. The second kappa shape index (κ2) is 8.79. The lowest BCUT2D eigenvalue weighted by molar-refractivity contribution is 0.0696. The summed E-state index contributed by atoms with van der Waals surface area (Å²) < 4.78 is 5.98. The van der Waals surface area contributed by atoms with Gasteiger partial charge >= 0.3 is 5.97 Å². The molecule has 0 spiro atoms. The Balaban J connectivity index is 1.29. The molecule has 2 N–H and O–H groups in total. The summed E-state index contributed by atoms with van der Waals surface area (Å²) in [7, 11) is 0. The molecule has 1 heterocycles. The number of carboxylic acid groups (broad SMARTS) is 1. The second-order valence-corrected chi connectivity index (χ2v) is 9.69. The highest BCUT2D eigenvalue weighted by molar-refractivity contribution is 6.30. The highest BCUT2D eigenvalue weighted by Gasteiger charge is 2.43. The van der Waals surface area contributed by atoms with Crippen LogP contribution >= 0.6 is 11.6 Å². The Morgan fingerprint density at radius 3 is 2.49 bits per heavy atom. The topological polar surface area (TPSA) is 58.6 Å². The number of fused-ring (bicyclic) bond motifs is 5. The second-order valence-electron chi connectivity index (χ2n) is 9.26. The molecule has 35 heavy (non-hydrogen) atoms. The maximum absolute atomic E-state index is 11.7. The SMILES string of the molecule is O=C(O)c1ccc2c(c1)[C@@H]1c3ccccc3C[C@H]1[C@@H](c1ccc(OCc3ccc(Cl)cc3)cc1)N2. The molecule has 0 amide bonds. The third-order valence-electron chi connectivity index (χ3n) is 7.20. The van der Waals surface area contributed by atoms with Crippen LogP contribution in [-0.2, 0) is 13.0 Å². The third-order valence-corrected chi connectivity index (χ3v) is 7.46. The van der Waals surface area contributed by atoms with Crippen molar-refractivity contribution in [1.82, 2.24) is 0 Å². The zero-order valence-corrected chi connectivity index (χ0v) is 19.7. The van der Waals surface area contributed by atoms with Gasteiger partial charge in [-0.15, -0.1) is 0 Å². The van der Waals surface area contributed by atoms with Crippen molar-refractivity contribution in [3.63, 3.8) is 0 Å². The van der Waals surface area contributed by atoms with Crippen LogP contribution in [0.15, 0.2) is 91.0 Å². The lowest BCUT2D eigenvalue weighted by Gasteiger charge is -2.38. The number of aromatic carboxylic acids is 1. The van der Waals surface area contributed by atoms with Crippen molar-refractivity contribution in [3.8, 4) is 5.75 Å². The number of halogens is 1. The predicted octanol–water partition coefficient (Wildman–Crippen LogP) is 7.09. The van der Waals surface area contributed by atoms with E-state index in [9.17, 15) is 9.90 Å². The van der Waals surface area contributed by atoms with E-state index >= 15 is 0 Å². The van der Waals surface area contributed by atoms with Crippen LogP contribution < -0.4 is 10.1 Å². The number of carbonyl (C=O) groups is 1. The molecule has 2 aliphatic rings. The first-order chi connectivity index (χ1) is 17.1. The monoisotopic (exact) mass is 481 g/mol. The summed E-state index contributed by atoms with van der Waals surface area (Å²) in [6, 6.07) is 30.1. The maximum Gasteiger partial charge on any atom is 0.335 e. The zero-order chi connectivity index (χ0) is 23.9. The summed E-state index contributed by atoms with van der Waals surface area (Å²) in [4.78, 5) is 11.7. The smallest absolute Gasteiger partial charge is 0.335 e. The van der Waals surface area contributed by atoms with Crippen molar-refractivity contribution in [2.75, 3.05) is 5.32 Å². The van der Waals surface area contributed by atoms with Crippen molar-refractivity contribution in [2.45, 2.75) is 25.0 Å². The van der Waals surface area contributed by atoms with Crippen molar-refractivity contribution >= 4 is 23.3 Å². The van der Waals surface area contributed by atoms with Gasteiger partial charge in [-0.05, 0) is 82.6 Å². The van der Waals surface area contributed by atoms with E-state index in [2.05, 4.69) is 41.7 Å². The molecule has 6 rings (SSSR count). The molecular weight excluding hydrogens is 458 g/mol. The van der Waals surface area contributed by atoms with Crippen LogP contribution in [0.3, 0.4) is 0 Å². The lowest BCUT2D eigenvalue weighted by atomic mass is 9.75. The van der Waals surface area contributed by atoms with Crippen LogP contribution in [0.4, 0.5) is 5.69 Å². The number of benzene rings is 4. The zero-order valence-electron chi connectivity index (χ0n) is 18.9. The fraction of sp³-hybridized carbons (Fsp3) is 0.167. The Bertz CT molecular complexity index is 1400. The van der Waals surface area contributed by atoms with Gasteiger partial charge in [0.25, 0.3) is 0 Å². The first kappa shape index (κ1) is 21.8. The van der Waals surface area contributed by atoms with Crippen LogP contribution in [0.1, 0.15) is 50.1 Å². The summed E-state index contributed by atoms with van der Waals surface area (Å²) in [6.45, 7) is 0.484. The summed E-state index contributed by atoms with van der Waals surface area (Å²) >= 11 is 5.97. The molecule has 4 aromatic carbocycles. The fourth-order valence-corrected chi connectivity index (χ4v) is 5.67. The van der Waals surface area contributed by atoms with E-state index in [0.717, 1.165) is 29.0 Å². The van der Waals surface area contributed by atoms with Gasteiger partial charge in [-0.1, -0.05) is 60.1 Å². The Hall–Kier alpha value is -3.76. The molecular formula is C30H24ClNO3. The van der Waals surface area contributed by atoms with Gasteiger partial charge in [-0.2, -0.15) is 0 Å². The average molecular weight is 482 g/mol. The first-order valence-corrected chi connectivity index (χ1v) is 12.1. The first-order valence-electron chi connectivity index (χ1n) is 11.8. The van der Waals surface area contributed by atoms with Gasteiger partial charge in [-0.3, -0.25) is 0 Å². The Kier molecular flexibility index (Phi) is 5.46. The number of carboxylic acids is 1. The van der Waals surface area contributed by atoms with Crippen molar-refractivity contribution in [2.24, 2.45) is 5.92 Å². The quantitative estimate of drug-likeness (QED) is 0.319. The molecule has 174 valence electrons. The molecule has 3 atom stereocenters.